The van der Waals surface area contributed by atoms with E-state index in [1.54, 1.807) is 18.2 Å². The maximum absolute atomic E-state index is 12.7. The number of para-hydroxylation sites is 1. The number of piperazine rings is 1. The normalized spacial score (nSPS) is 15.8. The Morgan fingerprint density at radius 3 is 2.24 bits per heavy atom. The largest absolute Gasteiger partial charge is 0.434 e. The van der Waals surface area contributed by atoms with Gasteiger partial charge in [0.05, 0.1) is 5.56 Å². The van der Waals surface area contributed by atoms with Crippen LogP contribution in [0.2, 0.25) is 0 Å². The number of hydrogen-bond acceptors (Lipinski definition) is 4. The highest BCUT2D eigenvalue weighted by Crippen LogP contribution is 2.23. The second-order valence-electron chi connectivity index (χ2n) is 6.32. The van der Waals surface area contributed by atoms with Crippen LogP contribution in [0.3, 0.4) is 0 Å². The number of carbonyl (C=O) groups excluding carboxylic acids is 1. The molecule has 0 radical (unpaired) electrons. The number of amides is 1. The molecular weight excluding hydrogens is 402 g/mol. The fourth-order valence-corrected chi connectivity index (χ4v) is 4.15. The van der Waals surface area contributed by atoms with Crippen molar-refractivity contribution in [3.8, 4) is 5.75 Å². The summed E-state index contributed by atoms with van der Waals surface area (Å²) in [6.45, 7) is -2.50. The Bertz CT molecular complexity index is 973. The molecule has 0 spiro atoms. The van der Waals surface area contributed by atoms with E-state index in [1.807, 2.05) is 18.2 Å². The first-order chi connectivity index (χ1) is 13.9. The molecule has 1 aliphatic rings. The molecule has 6 nitrogen and oxygen atoms in total. The fourth-order valence-electron chi connectivity index (χ4n) is 2.97. The zero-order valence-corrected chi connectivity index (χ0v) is 16.3. The topological polar surface area (TPSA) is 66.9 Å². The highest BCUT2D eigenvalue weighted by Gasteiger charge is 2.29. The van der Waals surface area contributed by atoms with E-state index >= 15 is 0 Å². The van der Waals surface area contributed by atoms with E-state index in [1.165, 1.54) is 33.5 Å². The van der Waals surface area contributed by atoms with Gasteiger partial charge in [0.1, 0.15) is 5.75 Å². The molecule has 2 aromatic carbocycles. The van der Waals surface area contributed by atoms with Crippen LogP contribution in [0.15, 0.2) is 60.0 Å². The minimum absolute atomic E-state index is 0.0214. The average Bonchev–Trinajstić information content (AvgIpc) is 2.73. The van der Waals surface area contributed by atoms with Crippen molar-refractivity contribution in [1.82, 2.24) is 9.21 Å². The number of sulfonamides is 1. The molecule has 1 amide bonds. The number of ether oxygens (including phenoxy) is 1. The van der Waals surface area contributed by atoms with Crippen molar-refractivity contribution in [2.45, 2.75) is 6.61 Å². The van der Waals surface area contributed by atoms with Crippen LogP contribution in [0.5, 0.6) is 5.75 Å². The first-order valence-electron chi connectivity index (χ1n) is 8.93. The maximum atomic E-state index is 12.7. The quantitative estimate of drug-likeness (QED) is 0.718. The second-order valence-corrected chi connectivity index (χ2v) is 8.14. The summed E-state index contributed by atoms with van der Waals surface area (Å²) in [6.07, 6.45) is 1.52. The van der Waals surface area contributed by atoms with Crippen molar-refractivity contribution in [3.63, 3.8) is 0 Å². The minimum atomic E-state index is -3.63. The van der Waals surface area contributed by atoms with Crippen molar-refractivity contribution in [3.05, 3.63) is 71.1 Å². The summed E-state index contributed by atoms with van der Waals surface area (Å²) >= 11 is 0. The molecule has 154 valence electrons. The molecule has 0 saturated carbocycles. The molecule has 0 aliphatic carbocycles. The molecular formula is C20H20F2N2O4S. The number of halogens is 2. The predicted octanol–water partition coefficient (Wildman–Crippen LogP) is 3.05. The molecule has 0 aromatic heterocycles. The number of alkyl halides is 2. The zero-order valence-electron chi connectivity index (χ0n) is 15.4. The summed E-state index contributed by atoms with van der Waals surface area (Å²) in [4.78, 5) is 14.1. The molecule has 0 N–H and O–H groups in total. The Morgan fingerprint density at radius 1 is 0.966 bits per heavy atom. The summed E-state index contributed by atoms with van der Waals surface area (Å²) in [6, 6.07) is 14.8. The molecule has 1 aliphatic heterocycles. The molecule has 1 heterocycles. The second kappa shape index (κ2) is 9.15. The van der Waals surface area contributed by atoms with Gasteiger partial charge >= 0.3 is 6.61 Å². The van der Waals surface area contributed by atoms with E-state index in [-0.39, 0.29) is 37.5 Å². The van der Waals surface area contributed by atoms with Gasteiger partial charge in [0.2, 0.25) is 10.0 Å². The monoisotopic (exact) mass is 422 g/mol. The third-order valence-electron chi connectivity index (χ3n) is 4.45. The number of benzene rings is 2. The Hall–Kier alpha value is -2.78. The van der Waals surface area contributed by atoms with Crippen molar-refractivity contribution in [2.24, 2.45) is 0 Å². The smallest absolute Gasteiger partial charge is 0.387 e. The van der Waals surface area contributed by atoms with E-state index in [4.69, 9.17) is 0 Å². The first kappa shape index (κ1) is 20.9. The van der Waals surface area contributed by atoms with Gasteiger partial charge in [-0.15, -0.1) is 0 Å². The van der Waals surface area contributed by atoms with Gasteiger partial charge < -0.3 is 9.64 Å². The lowest BCUT2D eigenvalue weighted by atomic mass is 10.1. The minimum Gasteiger partial charge on any atom is -0.434 e. The SMILES string of the molecule is O=C(c1ccccc1OC(F)F)N1CCN(S(=O)(=O)/C=C/c2ccccc2)CC1. The molecule has 3 rings (SSSR count). The number of hydrogen-bond donors (Lipinski definition) is 0. The Balaban J connectivity index is 1.64. The standard InChI is InChI=1S/C20H20F2N2O4S/c21-20(22)28-18-9-5-4-8-17(18)19(25)23-11-13-24(14-12-23)29(26,27)15-10-16-6-2-1-3-7-16/h1-10,15,20H,11-14H2/b15-10+. The lowest BCUT2D eigenvalue weighted by Crippen LogP contribution is -2.50. The van der Waals surface area contributed by atoms with Crippen LogP contribution in [0.25, 0.3) is 6.08 Å². The summed E-state index contributed by atoms with van der Waals surface area (Å²) in [5.41, 5.74) is 0.786. The van der Waals surface area contributed by atoms with Gasteiger partial charge in [-0.2, -0.15) is 13.1 Å². The molecule has 1 saturated heterocycles. The van der Waals surface area contributed by atoms with Gasteiger partial charge in [0.15, 0.2) is 0 Å². The highest BCUT2D eigenvalue weighted by molar-refractivity contribution is 7.92. The van der Waals surface area contributed by atoms with Gasteiger partial charge in [0.25, 0.3) is 5.91 Å². The van der Waals surface area contributed by atoms with E-state index in [0.717, 1.165) is 11.0 Å². The van der Waals surface area contributed by atoms with Crippen LogP contribution < -0.4 is 4.74 Å². The fraction of sp³-hybridized carbons (Fsp3) is 0.250. The van der Waals surface area contributed by atoms with Crippen LogP contribution in [0.1, 0.15) is 15.9 Å². The molecule has 29 heavy (non-hydrogen) atoms. The lowest BCUT2D eigenvalue weighted by Gasteiger charge is -2.33. The Kier molecular flexibility index (Phi) is 6.60. The highest BCUT2D eigenvalue weighted by atomic mass is 32.2. The van der Waals surface area contributed by atoms with Gasteiger partial charge in [-0.3, -0.25) is 4.79 Å². The third kappa shape index (κ3) is 5.39. The van der Waals surface area contributed by atoms with Crippen LogP contribution in [0.4, 0.5) is 8.78 Å². The van der Waals surface area contributed by atoms with Crippen LogP contribution in [-0.2, 0) is 10.0 Å². The number of rotatable bonds is 6. The molecule has 9 heteroatoms. The van der Waals surface area contributed by atoms with Crippen molar-refractivity contribution < 1.29 is 26.7 Å². The third-order valence-corrected chi connectivity index (χ3v) is 6.02. The molecule has 0 bridgehead atoms. The predicted molar refractivity (Wildman–Crippen MR) is 105 cm³/mol. The average molecular weight is 422 g/mol. The van der Waals surface area contributed by atoms with Crippen molar-refractivity contribution in [2.75, 3.05) is 26.2 Å². The summed E-state index contributed by atoms with van der Waals surface area (Å²) in [5.74, 6) is -0.675. The number of nitrogens with zero attached hydrogens (tertiary/aromatic N) is 2. The van der Waals surface area contributed by atoms with Crippen LogP contribution >= 0.6 is 0 Å². The summed E-state index contributed by atoms with van der Waals surface area (Å²) < 4.78 is 55.8. The van der Waals surface area contributed by atoms with Crippen LogP contribution in [-0.4, -0.2) is 56.3 Å². The van der Waals surface area contributed by atoms with Gasteiger partial charge in [-0.25, -0.2) is 8.42 Å². The molecule has 0 atom stereocenters. The summed E-state index contributed by atoms with van der Waals surface area (Å²) in [7, 11) is -3.63. The van der Waals surface area contributed by atoms with E-state index in [9.17, 15) is 22.0 Å². The molecule has 2 aromatic rings. The van der Waals surface area contributed by atoms with E-state index < -0.39 is 22.5 Å². The lowest BCUT2D eigenvalue weighted by molar-refractivity contribution is -0.0503. The van der Waals surface area contributed by atoms with Gasteiger partial charge in [-0.05, 0) is 23.8 Å². The van der Waals surface area contributed by atoms with Gasteiger partial charge in [0, 0.05) is 31.6 Å². The Labute approximate surface area is 168 Å². The molecule has 1 fully saturated rings. The van der Waals surface area contributed by atoms with Crippen LogP contribution in [0, 0.1) is 0 Å². The van der Waals surface area contributed by atoms with Crippen molar-refractivity contribution >= 4 is 22.0 Å². The molecule has 0 unspecified atom stereocenters. The zero-order chi connectivity index (χ0) is 20.9. The number of carbonyl (C=O) groups is 1. The first-order valence-corrected chi connectivity index (χ1v) is 10.4. The summed E-state index contributed by atoms with van der Waals surface area (Å²) in [5, 5.41) is 1.14. The Morgan fingerprint density at radius 2 is 1.59 bits per heavy atom. The maximum Gasteiger partial charge on any atom is 0.387 e. The van der Waals surface area contributed by atoms with Crippen molar-refractivity contribution in [1.29, 1.82) is 0 Å². The van der Waals surface area contributed by atoms with Gasteiger partial charge in [-0.1, -0.05) is 42.5 Å². The van der Waals surface area contributed by atoms with E-state index in [0.29, 0.717) is 0 Å². The van der Waals surface area contributed by atoms with E-state index in [2.05, 4.69) is 4.74 Å².